The SMILES string of the molecule is COc1ccc(C(=O)N2CCN(Cc3c(-c4ccc(Cl)cc4)nc4ccc(-c5ccccc5)cn34)CC2)cc1. The van der Waals surface area contributed by atoms with Crippen molar-refractivity contribution < 1.29 is 9.53 Å². The van der Waals surface area contributed by atoms with Crippen molar-refractivity contribution in [3.8, 4) is 28.1 Å². The fraction of sp³-hybridized carbons (Fsp3) is 0.188. The first-order valence-corrected chi connectivity index (χ1v) is 13.4. The number of hydrogen-bond acceptors (Lipinski definition) is 4. The smallest absolute Gasteiger partial charge is 0.253 e. The Morgan fingerprint density at radius 3 is 2.21 bits per heavy atom. The second-order valence-corrected chi connectivity index (χ2v) is 10.2. The zero-order chi connectivity index (χ0) is 26.8. The van der Waals surface area contributed by atoms with Crippen LogP contribution < -0.4 is 4.74 Å². The molecule has 3 aromatic carbocycles. The van der Waals surface area contributed by atoms with Gasteiger partial charge in [0.15, 0.2) is 0 Å². The van der Waals surface area contributed by atoms with Gasteiger partial charge in [-0.2, -0.15) is 0 Å². The van der Waals surface area contributed by atoms with E-state index in [0.717, 1.165) is 59.1 Å². The van der Waals surface area contributed by atoms with Gasteiger partial charge >= 0.3 is 0 Å². The highest BCUT2D eigenvalue weighted by atomic mass is 35.5. The maximum absolute atomic E-state index is 13.1. The molecule has 1 amide bonds. The lowest BCUT2D eigenvalue weighted by molar-refractivity contribution is 0.0627. The molecular weight excluding hydrogens is 508 g/mol. The average molecular weight is 537 g/mol. The summed E-state index contributed by atoms with van der Waals surface area (Å²) in [4.78, 5) is 22.4. The number of halogens is 1. The van der Waals surface area contributed by atoms with E-state index in [1.165, 1.54) is 0 Å². The van der Waals surface area contributed by atoms with Crippen LogP contribution in [-0.4, -0.2) is 58.4 Å². The van der Waals surface area contributed by atoms with E-state index < -0.39 is 0 Å². The van der Waals surface area contributed by atoms with Crippen molar-refractivity contribution in [2.75, 3.05) is 33.3 Å². The molecule has 7 heteroatoms. The summed E-state index contributed by atoms with van der Waals surface area (Å²) in [6.45, 7) is 3.64. The number of methoxy groups -OCH3 is 1. The van der Waals surface area contributed by atoms with Crippen molar-refractivity contribution in [1.29, 1.82) is 0 Å². The van der Waals surface area contributed by atoms with Gasteiger partial charge in [-0.1, -0.05) is 54.1 Å². The number of amides is 1. The lowest BCUT2D eigenvalue weighted by Crippen LogP contribution is -2.48. The normalized spacial score (nSPS) is 14.1. The number of benzene rings is 3. The van der Waals surface area contributed by atoms with Crippen molar-refractivity contribution >= 4 is 23.2 Å². The molecule has 0 atom stereocenters. The minimum Gasteiger partial charge on any atom is -0.497 e. The first kappa shape index (κ1) is 25.2. The van der Waals surface area contributed by atoms with Crippen LogP contribution in [0.4, 0.5) is 0 Å². The van der Waals surface area contributed by atoms with Gasteiger partial charge < -0.3 is 14.0 Å². The molecule has 1 aliphatic heterocycles. The predicted molar refractivity (Wildman–Crippen MR) is 155 cm³/mol. The molecule has 1 saturated heterocycles. The molecular formula is C32H29ClN4O2. The van der Waals surface area contributed by atoms with Crippen LogP contribution in [0.15, 0.2) is 97.2 Å². The molecule has 5 aromatic rings. The highest BCUT2D eigenvalue weighted by Gasteiger charge is 2.24. The van der Waals surface area contributed by atoms with Gasteiger partial charge in [-0.05, 0) is 59.7 Å². The standard InChI is InChI=1S/C32H29ClN4O2/c1-39-28-14-9-25(10-15-28)32(38)36-19-17-35(18-20-36)22-29-31(24-7-12-27(33)13-8-24)34-30-16-11-26(21-37(29)30)23-5-3-2-4-6-23/h2-16,21H,17-20,22H2,1H3. The lowest BCUT2D eigenvalue weighted by atomic mass is 10.1. The summed E-state index contributed by atoms with van der Waals surface area (Å²) in [5, 5.41) is 0.702. The van der Waals surface area contributed by atoms with Gasteiger partial charge in [0, 0.05) is 55.1 Å². The van der Waals surface area contributed by atoms with Crippen molar-refractivity contribution in [1.82, 2.24) is 19.2 Å². The first-order valence-electron chi connectivity index (χ1n) is 13.1. The number of aromatic nitrogens is 2. The Balaban J connectivity index is 1.27. The predicted octanol–water partition coefficient (Wildman–Crippen LogP) is 6.29. The van der Waals surface area contributed by atoms with Crippen LogP contribution in [-0.2, 0) is 6.54 Å². The average Bonchev–Trinajstić information content (AvgIpc) is 3.35. The van der Waals surface area contributed by atoms with Gasteiger partial charge in [-0.3, -0.25) is 9.69 Å². The number of ether oxygens (including phenoxy) is 1. The number of nitrogens with zero attached hydrogens (tertiary/aromatic N) is 4. The zero-order valence-electron chi connectivity index (χ0n) is 21.8. The van der Waals surface area contributed by atoms with Crippen LogP contribution >= 0.6 is 11.6 Å². The molecule has 0 radical (unpaired) electrons. The number of rotatable bonds is 6. The number of piperazine rings is 1. The van der Waals surface area contributed by atoms with Crippen LogP contribution in [0.2, 0.25) is 5.02 Å². The van der Waals surface area contributed by atoms with Gasteiger partial charge in [-0.15, -0.1) is 0 Å². The highest BCUT2D eigenvalue weighted by molar-refractivity contribution is 6.30. The third-order valence-corrected chi connectivity index (χ3v) is 7.56. The van der Waals surface area contributed by atoms with Crippen LogP contribution in [0.25, 0.3) is 28.0 Å². The van der Waals surface area contributed by atoms with E-state index in [1.807, 2.05) is 59.5 Å². The second-order valence-electron chi connectivity index (χ2n) is 9.72. The highest BCUT2D eigenvalue weighted by Crippen LogP contribution is 2.29. The molecule has 3 heterocycles. The second kappa shape index (κ2) is 10.9. The lowest BCUT2D eigenvalue weighted by Gasteiger charge is -2.34. The van der Waals surface area contributed by atoms with Crippen LogP contribution in [0, 0.1) is 0 Å². The molecule has 196 valence electrons. The Morgan fingerprint density at radius 2 is 1.51 bits per heavy atom. The first-order chi connectivity index (χ1) is 19.1. The molecule has 1 aliphatic rings. The molecule has 0 bridgehead atoms. The molecule has 1 fully saturated rings. The van der Waals surface area contributed by atoms with Gasteiger partial charge in [0.2, 0.25) is 0 Å². The number of carbonyl (C=O) groups is 1. The Hall–Kier alpha value is -4.13. The van der Waals surface area contributed by atoms with Crippen LogP contribution in [0.3, 0.4) is 0 Å². The summed E-state index contributed by atoms with van der Waals surface area (Å²) in [7, 11) is 1.63. The summed E-state index contributed by atoms with van der Waals surface area (Å²) in [6.07, 6.45) is 2.18. The Kier molecular flexibility index (Phi) is 7.05. The monoisotopic (exact) mass is 536 g/mol. The fourth-order valence-corrected chi connectivity index (χ4v) is 5.25. The van der Waals surface area contributed by atoms with Crippen molar-refractivity contribution in [3.63, 3.8) is 0 Å². The van der Waals surface area contributed by atoms with Crippen LogP contribution in [0.5, 0.6) is 5.75 Å². The maximum Gasteiger partial charge on any atom is 0.253 e. The molecule has 0 unspecified atom stereocenters. The van der Waals surface area contributed by atoms with Crippen LogP contribution in [0.1, 0.15) is 16.1 Å². The number of carbonyl (C=O) groups excluding carboxylic acids is 1. The number of pyridine rings is 1. The van der Waals surface area contributed by atoms with Gasteiger partial charge in [0.1, 0.15) is 11.4 Å². The molecule has 0 aliphatic carbocycles. The van der Waals surface area contributed by atoms with Crippen molar-refractivity contribution in [2.45, 2.75) is 6.54 Å². The maximum atomic E-state index is 13.1. The number of imidazole rings is 1. The van der Waals surface area contributed by atoms with E-state index in [-0.39, 0.29) is 5.91 Å². The number of fused-ring (bicyclic) bond motifs is 1. The summed E-state index contributed by atoms with van der Waals surface area (Å²) >= 11 is 6.19. The van der Waals surface area contributed by atoms with Crippen molar-refractivity contribution in [3.05, 3.63) is 113 Å². The summed E-state index contributed by atoms with van der Waals surface area (Å²) < 4.78 is 7.43. The molecule has 0 saturated carbocycles. The van der Waals surface area contributed by atoms with E-state index in [4.69, 9.17) is 21.3 Å². The molecule has 6 rings (SSSR count). The minimum absolute atomic E-state index is 0.0569. The third kappa shape index (κ3) is 5.26. The zero-order valence-corrected chi connectivity index (χ0v) is 22.5. The summed E-state index contributed by atoms with van der Waals surface area (Å²) in [5.41, 5.74) is 7.01. The van der Waals surface area contributed by atoms with E-state index in [0.29, 0.717) is 23.7 Å². The Morgan fingerprint density at radius 1 is 0.821 bits per heavy atom. The van der Waals surface area contributed by atoms with E-state index in [9.17, 15) is 4.79 Å². The summed E-state index contributed by atoms with van der Waals surface area (Å²) in [6, 6.07) is 29.8. The minimum atomic E-state index is 0.0569. The Labute approximate surface area is 233 Å². The molecule has 39 heavy (non-hydrogen) atoms. The topological polar surface area (TPSA) is 50.1 Å². The van der Waals surface area contributed by atoms with Gasteiger partial charge in [-0.25, -0.2) is 4.98 Å². The molecule has 6 nitrogen and oxygen atoms in total. The van der Waals surface area contributed by atoms with Gasteiger partial charge in [0.05, 0.1) is 18.5 Å². The number of hydrogen-bond donors (Lipinski definition) is 0. The molecule has 0 N–H and O–H groups in total. The Bertz CT molecular complexity index is 1590. The largest absolute Gasteiger partial charge is 0.497 e. The van der Waals surface area contributed by atoms with E-state index in [1.54, 1.807) is 7.11 Å². The van der Waals surface area contributed by atoms with E-state index in [2.05, 4.69) is 51.9 Å². The van der Waals surface area contributed by atoms with E-state index >= 15 is 0 Å². The third-order valence-electron chi connectivity index (χ3n) is 7.31. The quantitative estimate of drug-likeness (QED) is 0.256. The fourth-order valence-electron chi connectivity index (χ4n) is 5.12. The molecule has 0 spiro atoms. The summed E-state index contributed by atoms with van der Waals surface area (Å²) in [5.74, 6) is 0.803. The van der Waals surface area contributed by atoms with Gasteiger partial charge in [0.25, 0.3) is 5.91 Å². The van der Waals surface area contributed by atoms with Crippen molar-refractivity contribution in [2.24, 2.45) is 0 Å². The molecule has 2 aromatic heterocycles.